The minimum atomic E-state index is -0.211. The number of H-pyrrole nitrogens is 1. The summed E-state index contributed by atoms with van der Waals surface area (Å²) in [6.07, 6.45) is 8.69. The Hall–Kier alpha value is -3.19. The van der Waals surface area contributed by atoms with Crippen molar-refractivity contribution in [2.24, 2.45) is 10.9 Å². The number of amides is 2. The smallest absolute Gasteiger partial charge is 0.268 e. The maximum Gasteiger partial charge on any atom is 0.268 e. The second-order valence-corrected chi connectivity index (χ2v) is 9.53. The van der Waals surface area contributed by atoms with Crippen molar-refractivity contribution >= 4 is 45.7 Å². The van der Waals surface area contributed by atoms with E-state index < -0.39 is 0 Å². The lowest BCUT2D eigenvalue weighted by Gasteiger charge is -2.32. The second-order valence-electron chi connectivity index (χ2n) is 9.09. The van der Waals surface area contributed by atoms with Gasteiger partial charge in [-0.15, -0.1) is 0 Å². The van der Waals surface area contributed by atoms with Crippen LogP contribution in [0.3, 0.4) is 0 Å². The average molecular weight is 478 g/mol. The van der Waals surface area contributed by atoms with E-state index in [1.807, 2.05) is 24.3 Å². The molecule has 1 saturated heterocycles. The van der Waals surface area contributed by atoms with Gasteiger partial charge in [-0.25, -0.2) is 4.99 Å². The number of halogens is 1. The molecular weight excluding hydrogens is 450 g/mol. The number of hydrogen-bond donors (Lipinski definition) is 2. The molecule has 2 aromatic heterocycles. The molecule has 1 aliphatic carbocycles. The third-order valence-corrected chi connectivity index (χ3v) is 7.07. The highest BCUT2D eigenvalue weighted by molar-refractivity contribution is 6.31. The van der Waals surface area contributed by atoms with Gasteiger partial charge in [-0.3, -0.25) is 14.6 Å². The normalized spacial score (nSPS) is 20.6. The lowest BCUT2D eigenvalue weighted by atomic mass is 9.91. The van der Waals surface area contributed by atoms with Gasteiger partial charge in [0.1, 0.15) is 5.69 Å². The highest BCUT2D eigenvalue weighted by atomic mass is 35.5. The maximum absolute atomic E-state index is 13.0. The Morgan fingerprint density at radius 1 is 1.06 bits per heavy atom. The third kappa shape index (κ3) is 4.99. The summed E-state index contributed by atoms with van der Waals surface area (Å²) in [4.78, 5) is 40.0. The van der Waals surface area contributed by atoms with Crippen molar-refractivity contribution in [2.75, 3.05) is 18.0 Å². The van der Waals surface area contributed by atoms with Gasteiger partial charge in [-0.05, 0) is 68.5 Å². The van der Waals surface area contributed by atoms with E-state index in [4.69, 9.17) is 11.6 Å². The van der Waals surface area contributed by atoms with Gasteiger partial charge in [0.05, 0.1) is 6.04 Å². The Balaban J connectivity index is 1.23. The second kappa shape index (κ2) is 9.97. The van der Waals surface area contributed by atoms with E-state index in [1.165, 1.54) is 0 Å². The van der Waals surface area contributed by atoms with Crippen LogP contribution in [0, 0.1) is 5.92 Å². The van der Waals surface area contributed by atoms with Gasteiger partial charge in [0, 0.05) is 58.7 Å². The SMILES string of the molecule is O=C(N[C@H]1CCCCC1=NC(=O)C1CCN(c2ccncc2)CC1)c1cc2cc(Cl)ccc2[nH]1. The van der Waals surface area contributed by atoms with Crippen LogP contribution in [0.2, 0.25) is 5.02 Å². The number of nitrogens with zero attached hydrogens (tertiary/aromatic N) is 3. The molecule has 1 aliphatic heterocycles. The van der Waals surface area contributed by atoms with E-state index in [-0.39, 0.29) is 23.8 Å². The number of nitrogens with one attached hydrogen (secondary N) is 2. The lowest BCUT2D eigenvalue weighted by molar-refractivity contribution is -0.122. The summed E-state index contributed by atoms with van der Waals surface area (Å²) < 4.78 is 0. The van der Waals surface area contributed by atoms with E-state index in [0.29, 0.717) is 10.7 Å². The molecule has 0 bridgehead atoms. The van der Waals surface area contributed by atoms with Crippen LogP contribution in [0.15, 0.2) is 53.8 Å². The van der Waals surface area contributed by atoms with E-state index in [9.17, 15) is 9.59 Å². The van der Waals surface area contributed by atoms with Crippen LogP contribution in [0.25, 0.3) is 10.9 Å². The number of carbonyl (C=O) groups excluding carboxylic acids is 2. The molecule has 2 fully saturated rings. The molecule has 176 valence electrons. The van der Waals surface area contributed by atoms with Gasteiger partial charge < -0.3 is 15.2 Å². The van der Waals surface area contributed by atoms with Crippen molar-refractivity contribution in [1.82, 2.24) is 15.3 Å². The summed E-state index contributed by atoms with van der Waals surface area (Å²) in [7, 11) is 0. The topological polar surface area (TPSA) is 90.4 Å². The zero-order chi connectivity index (χ0) is 23.5. The predicted molar refractivity (Wildman–Crippen MR) is 135 cm³/mol. The van der Waals surface area contributed by atoms with Crippen molar-refractivity contribution in [2.45, 2.75) is 44.6 Å². The lowest BCUT2D eigenvalue weighted by Crippen LogP contribution is -2.43. The molecule has 2 aliphatic rings. The molecule has 7 nitrogen and oxygen atoms in total. The van der Waals surface area contributed by atoms with Crippen molar-refractivity contribution < 1.29 is 9.59 Å². The minimum absolute atomic E-state index is 0.0502. The Kier molecular flexibility index (Phi) is 6.63. The van der Waals surface area contributed by atoms with E-state index in [2.05, 4.69) is 25.2 Å². The Morgan fingerprint density at radius 2 is 1.85 bits per heavy atom. The number of benzene rings is 1. The van der Waals surface area contributed by atoms with Crippen molar-refractivity contribution in [3.05, 3.63) is 59.5 Å². The van der Waals surface area contributed by atoms with Crippen molar-refractivity contribution in [3.8, 4) is 0 Å². The van der Waals surface area contributed by atoms with Gasteiger partial charge >= 0.3 is 0 Å². The molecular formula is C26H28ClN5O2. The Morgan fingerprint density at radius 3 is 2.65 bits per heavy atom. The monoisotopic (exact) mass is 477 g/mol. The van der Waals surface area contributed by atoms with Crippen LogP contribution in [0.4, 0.5) is 5.69 Å². The number of aromatic amines is 1. The number of carbonyl (C=O) groups is 2. The van der Waals surface area contributed by atoms with Gasteiger partial charge in [-0.1, -0.05) is 18.0 Å². The maximum atomic E-state index is 13.0. The standard InChI is InChI=1S/C26H28ClN5O2/c27-19-5-6-21-18(15-19)16-24(29-21)26(34)31-23-4-2-1-3-22(23)30-25(33)17-9-13-32(14-10-17)20-7-11-28-12-8-20/h5-8,11-12,15-17,23,29H,1-4,9-10,13-14H2,(H,31,34)/t23-/m0/s1. The summed E-state index contributed by atoms with van der Waals surface area (Å²) in [5.41, 5.74) is 3.29. The van der Waals surface area contributed by atoms with Gasteiger partial charge in [0.25, 0.3) is 5.91 Å². The summed E-state index contributed by atoms with van der Waals surface area (Å²) >= 11 is 6.07. The largest absolute Gasteiger partial charge is 0.371 e. The molecule has 5 rings (SSSR count). The van der Waals surface area contributed by atoms with Crippen LogP contribution in [0.5, 0.6) is 0 Å². The van der Waals surface area contributed by atoms with E-state index >= 15 is 0 Å². The molecule has 2 N–H and O–H groups in total. The molecule has 0 radical (unpaired) electrons. The highest BCUT2D eigenvalue weighted by Crippen LogP contribution is 2.25. The molecule has 1 saturated carbocycles. The molecule has 3 aromatic rings. The van der Waals surface area contributed by atoms with Crippen molar-refractivity contribution in [3.63, 3.8) is 0 Å². The summed E-state index contributed by atoms with van der Waals surface area (Å²) in [5, 5.41) is 4.62. The molecule has 3 heterocycles. The summed E-state index contributed by atoms with van der Waals surface area (Å²) in [6, 6.07) is 11.1. The van der Waals surface area contributed by atoms with Crippen LogP contribution in [-0.4, -0.2) is 46.6 Å². The van der Waals surface area contributed by atoms with Crippen LogP contribution < -0.4 is 10.2 Å². The third-order valence-electron chi connectivity index (χ3n) is 6.84. The fourth-order valence-corrected chi connectivity index (χ4v) is 5.10. The number of hydrogen-bond acceptors (Lipinski definition) is 4. The first-order valence-electron chi connectivity index (χ1n) is 11.9. The summed E-state index contributed by atoms with van der Waals surface area (Å²) in [5.74, 6) is -0.307. The minimum Gasteiger partial charge on any atom is -0.371 e. The molecule has 2 amide bonds. The predicted octanol–water partition coefficient (Wildman–Crippen LogP) is 4.77. The first-order chi connectivity index (χ1) is 16.6. The first kappa shape index (κ1) is 22.6. The van der Waals surface area contributed by atoms with Gasteiger partial charge in [0.15, 0.2) is 0 Å². The number of pyridine rings is 1. The first-order valence-corrected chi connectivity index (χ1v) is 12.3. The fraction of sp³-hybridized carbons (Fsp3) is 0.385. The number of aliphatic imine (C=N–C) groups is 1. The Bertz CT molecular complexity index is 1210. The van der Waals surface area contributed by atoms with E-state index in [0.717, 1.165) is 73.9 Å². The molecule has 0 unspecified atom stereocenters. The highest BCUT2D eigenvalue weighted by Gasteiger charge is 2.28. The number of rotatable bonds is 4. The Labute approximate surface area is 203 Å². The molecule has 34 heavy (non-hydrogen) atoms. The quantitative estimate of drug-likeness (QED) is 0.566. The zero-order valence-corrected chi connectivity index (χ0v) is 19.7. The molecule has 1 aromatic carbocycles. The van der Waals surface area contributed by atoms with Gasteiger partial charge in [-0.2, -0.15) is 0 Å². The van der Waals surface area contributed by atoms with Crippen LogP contribution in [-0.2, 0) is 4.79 Å². The molecule has 0 spiro atoms. The van der Waals surface area contributed by atoms with Gasteiger partial charge in [0.2, 0.25) is 5.91 Å². The molecule has 8 heteroatoms. The molecule has 1 atom stereocenters. The number of anilines is 1. The number of piperidine rings is 1. The number of fused-ring (bicyclic) bond motifs is 1. The number of aromatic nitrogens is 2. The fourth-order valence-electron chi connectivity index (χ4n) is 4.92. The van der Waals surface area contributed by atoms with Crippen LogP contribution >= 0.6 is 11.6 Å². The zero-order valence-electron chi connectivity index (χ0n) is 19.0. The van der Waals surface area contributed by atoms with Crippen LogP contribution in [0.1, 0.15) is 49.0 Å². The van der Waals surface area contributed by atoms with Crippen molar-refractivity contribution in [1.29, 1.82) is 0 Å². The van der Waals surface area contributed by atoms with E-state index in [1.54, 1.807) is 24.5 Å². The average Bonchev–Trinajstić information content (AvgIpc) is 3.29. The summed E-state index contributed by atoms with van der Waals surface area (Å²) in [6.45, 7) is 1.66.